The summed E-state index contributed by atoms with van der Waals surface area (Å²) in [6, 6.07) is 9.34. The number of aryl methyl sites for hydroxylation is 1. The predicted octanol–water partition coefficient (Wildman–Crippen LogP) is 4.14. The van der Waals surface area contributed by atoms with Crippen molar-refractivity contribution in [2.45, 2.75) is 6.92 Å². The third-order valence-electron chi connectivity index (χ3n) is 5.09. The average Bonchev–Trinajstić information content (AvgIpc) is 3.18. The Hall–Kier alpha value is -2.26. The lowest BCUT2D eigenvalue weighted by molar-refractivity contribution is -0.120. The van der Waals surface area contributed by atoms with Gasteiger partial charge in [-0.3, -0.25) is 14.6 Å². The zero-order valence-electron chi connectivity index (χ0n) is 17.1. The minimum absolute atomic E-state index is 0.162. The van der Waals surface area contributed by atoms with Crippen LogP contribution in [0.4, 0.5) is 9.52 Å². The lowest BCUT2D eigenvalue weighted by atomic mass is 10.2. The minimum atomic E-state index is -0.352. The van der Waals surface area contributed by atoms with Crippen molar-refractivity contribution >= 4 is 44.2 Å². The van der Waals surface area contributed by atoms with Crippen molar-refractivity contribution in [3.8, 4) is 5.75 Å². The van der Waals surface area contributed by atoms with E-state index in [0.717, 1.165) is 28.9 Å². The van der Waals surface area contributed by atoms with Crippen LogP contribution in [-0.4, -0.2) is 61.8 Å². The number of benzene rings is 2. The number of anilines is 1. The van der Waals surface area contributed by atoms with E-state index in [0.29, 0.717) is 42.2 Å². The normalized spacial score (nSPS) is 14.7. The number of hydrogen-bond donors (Lipinski definition) is 0. The molecule has 9 heteroatoms. The lowest BCUT2D eigenvalue weighted by Gasteiger charge is -2.29. The quantitative estimate of drug-likeness (QED) is 0.527. The number of hydrogen-bond acceptors (Lipinski definition) is 6. The minimum Gasteiger partial charge on any atom is -0.484 e. The Labute approximate surface area is 189 Å². The topological polar surface area (TPSA) is 54.9 Å². The molecular formula is C22H23ClFN3O3S. The van der Waals surface area contributed by atoms with Crippen LogP contribution in [0.5, 0.6) is 5.75 Å². The second-order valence-electron chi connectivity index (χ2n) is 7.31. The second kappa shape index (κ2) is 9.91. The van der Waals surface area contributed by atoms with Crippen LogP contribution in [0.1, 0.15) is 5.56 Å². The Balaban J connectivity index is 1.53. The largest absolute Gasteiger partial charge is 0.484 e. The van der Waals surface area contributed by atoms with Gasteiger partial charge in [0, 0.05) is 31.2 Å². The van der Waals surface area contributed by atoms with Gasteiger partial charge in [0.05, 0.1) is 23.4 Å². The summed E-state index contributed by atoms with van der Waals surface area (Å²) in [7, 11) is 0. The molecule has 0 bridgehead atoms. The van der Waals surface area contributed by atoms with Crippen molar-refractivity contribution in [2.24, 2.45) is 0 Å². The summed E-state index contributed by atoms with van der Waals surface area (Å²) in [6.07, 6.45) is 0. The third kappa shape index (κ3) is 5.51. The monoisotopic (exact) mass is 463 g/mol. The highest BCUT2D eigenvalue weighted by atomic mass is 35.5. The second-order valence-corrected chi connectivity index (χ2v) is 8.75. The van der Waals surface area contributed by atoms with E-state index in [9.17, 15) is 9.18 Å². The molecule has 2 aromatic carbocycles. The molecule has 6 nitrogen and oxygen atoms in total. The first kappa shape index (κ1) is 22.0. The van der Waals surface area contributed by atoms with Crippen molar-refractivity contribution < 1.29 is 18.7 Å². The number of rotatable bonds is 7. The van der Waals surface area contributed by atoms with E-state index in [-0.39, 0.29) is 18.3 Å². The van der Waals surface area contributed by atoms with Crippen molar-refractivity contribution in [1.82, 2.24) is 9.88 Å². The van der Waals surface area contributed by atoms with Gasteiger partial charge in [-0.1, -0.05) is 22.9 Å². The van der Waals surface area contributed by atoms with Crippen LogP contribution in [0, 0.1) is 12.7 Å². The van der Waals surface area contributed by atoms with E-state index >= 15 is 0 Å². The first-order chi connectivity index (χ1) is 15.0. The summed E-state index contributed by atoms with van der Waals surface area (Å²) in [5.41, 5.74) is 1.81. The van der Waals surface area contributed by atoms with Gasteiger partial charge in [-0.25, -0.2) is 9.37 Å². The van der Waals surface area contributed by atoms with E-state index in [2.05, 4.69) is 4.90 Å². The summed E-state index contributed by atoms with van der Waals surface area (Å²) >= 11 is 7.63. The van der Waals surface area contributed by atoms with Crippen molar-refractivity contribution in [2.75, 3.05) is 50.9 Å². The molecule has 164 valence electrons. The molecule has 1 fully saturated rings. The summed E-state index contributed by atoms with van der Waals surface area (Å²) < 4.78 is 25.1. The number of ether oxygens (including phenoxy) is 2. The Morgan fingerprint density at radius 1 is 1.29 bits per heavy atom. The molecule has 1 aromatic heterocycles. The number of nitrogens with zero attached hydrogens (tertiary/aromatic N) is 3. The Morgan fingerprint density at radius 3 is 2.77 bits per heavy atom. The van der Waals surface area contributed by atoms with E-state index in [4.69, 9.17) is 26.1 Å². The first-order valence-corrected chi connectivity index (χ1v) is 11.2. The zero-order valence-corrected chi connectivity index (χ0v) is 18.7. The highest BCUT2D eigenvalue weighted by Crippen LogP contribution is 2.33. The molecule has 0 atom stereocenters. The molecule has 1 saturated heterocycles. The van der Waals surface area contributed by atoms with Crippen molar-refractivity contribution in [3.63, 3.8) is 0 Å². The molecule has 3 aromatic rings. The first-order valence-electron chi connectivity index (χ1n) is 10.0. The zero-order chi connectivity index (χ0) is 21.8. The standard InChI is InChI=1S/C22H23ClFN3O3S/c1-15-12-16(23)13-19-21(15)25-22(31-19)27(7-6-26-8-10-29-11-9-26)20(28)14-30-18-4-2-17(24)3-5-18/h2-5,12-13H,6-11,14H2,1H3. The number of morpholine rings is 1. The van der Waals surface area contributed by atoms with Crippen LogP contribution >= 0.6 is 22.9 Å². The van der Waals surface area contributed by atoms with Gasteiger partial charge in [0.1, 0.15) is 11.6 Å². The van der Waals surface area contributed by atoms with Crippen LogP contribution in [-0.2, 0) is 9.53 Å². The van der Waals surface area contributed by atoms with Gasteiger partial charge in [0.15, 0.2) is 11.7 Å². The molecule has 0 unspecified atom stereocenters. The number of fused-ring (bicyclic) bond motifs is 1. The summed E-state index contributed by atoms with van der Waals surface area (Å²) in [4.78, 5) is 21.8. The van der Waals surface area contributed by atoms with Crippen LogP contribution in [0.15, 0.2) is 36.4 Å². The fourth-order valence-corrected chi connectivity index (χ4v) is 4.87. The molecule has 0 aliphatic carbocycles. The van der Waals surface area contributed by atoms with E-state index in [1.165, 1.54) is 35.6 Å². The maximum Gasteiger partial charge on any atom is 0.266 e. The molecule has 2 heterocycles. The van der Waals surface area contributed by atoms with E-state index < -0.39 is 0 Å². The van der Waals surface area contributed by atoms with E-state index in [1.54, 1.807) is 4.90 Å². The number of aromatic nitrogens is 1. The van der Waals surface area contributed by atoms with Crippen molar-refractivity contribution in [1.29, 1.82) is 0 Å². The number of carbonyl (C=O) groups is 1. The van der Waals surface area contributed by atoms with E-state index in [1.807, 2.05) is 19.1 Å². The highest BCUT2D eigenvalue weighted by molar-refractivity contribution is 7.22. The molecule has 1 aliphatic rings. The maximum atomic E-state index is 13.1. The molecule has 0 N–H and O–H groups in total. The molecule has 0 spiro atoms. The van der Waals surface area contributed by atoms with Gasteiger partial charge in [-0.05, 0) is 48.9 Å². The van der Waals surface area contributed by atoms with Gasteiger partial charge in [-0.2, -0.15) is 0 Å². The van der Waals surface area contributed by atoms with Gasteiger partial charge >= 0.3 is 0 Å². The molecule has 1 amide bonds. The fraction of sp³-hybridized carbons (Fsp3) is 0.364. The number of halogens is 2. The third-order valence-corrected chi connectivity index (χ3v) is 6.33. The highest BCUT2D eigenvalue weighted by Gasteiger charge is 2.22. The average molecular weight is 464 g/mol. The number of carbonyl (C=O) groups excluding carboxylic acids is 1. The molecule has 0 saturated carbocycles. The summed E-state index contributed by atoms with van der Waals surface area (Å²) in [6.45, 7) is 6.05. The molecular weight excluding hydrogens is 441 g/mol. The maximum absolute atomic E-state index is 13.1. The smallest absolute Gasteiger partial charge is 0.266 e. The SMILES string of the molecule is Cc1cc(Cl)cc2sc(N(CCN3CCOCC3)C(=O)COc3ccc(F)cc3)nc12. The fourth-order valence-electron chi connectivity index (χ4n) is 3.41. The predicted molar refractivity (Wildman–Crippen MR) is 121 cm³/mol. The Bertz CT molecular complexity index is 1050. The van der Waals surface area contributed by atoms with Gasteiger partial charge in [0.2, 0.25) is 0 Å². The van der Waals surface area contributed by atoms with Crippen LogP contribution in [0.25, 0.3) is 10.2 Å². The molecule has 4 rings (SSSR count). The lowest BCUT2D eigenvalue weighted by Crippen LogP contribution is -2.44. The molecule has 0 radical (unpaired) electrons. The van der Waals surface area contributed by atoms with Crippen LogP contribution in [0.3, 0.4) is 0 Å². The van der Waals surface area contributed by atoms with Crippen LogP contribution in [0.2, 0.25) is 5.02 Å². The summed E-state index contributed by atoms with van der Waals surface area (Å²) in [5, 5.41) is 1.26. The van der Waals surface area contributed by atoms with Crippen molar-refractivity contribution in [3.05, 3.63) is 52.8 Å². The Kier molecular flexibility index (Phi) is 7.02. The van der Waals surface area contributed by atoms with Gasteiger partial charge in [0.25, 0.3) is 5.91 Å². The van der Waals surface area contributed by atoms with Gasteiger partial charge < -0.3 is 9.47 Å². The van der Waals surface area contributed by atoms with Gasteiger partial charge in [-0.15, -0.1) is 0 Å². The molecule has 1 aliphatic heterocycles. The summed E-state index contributed by atoms with van der Waals surface area (Å²) in [5.74, 6) is -0.121. The number of amides is 1. The van der Waals surface area contributed by atoms with Crippen LogP contribution < -0.4 is 9.64 Å². The molecule has 31 heavy (non-hydrogen) atoms. The Morgan fingerprint density at radius 2 is 2.03 bits per heavy atom. The number of thiazole rings is 1.